The number of methoxy groups -OCH3 is 2. The molecule has 0 saturated heterocycles. The van der Waals surface area contributed by atoms with Crippen molar-refractivity contribution in [1.29, 1.82) is 0 Å². The van der Waals surface area contributed by atoms with E-state index in [1.54, 1.807) is 14.2 Å². The van der Waals surface area contributed by atoms with E-state index in [1.165, 1.54) is 11.8 Å². The van der Waals surface area contributed by atoms with Gasteiger partial charge in [0.15, 0.2) is 0 Å². The molecule has 146 valence electrons. The topological polar surface area (TPSA) is 60.5 Å². The van der Waals surface area contributed by atoms with E-state index in [1.807, 2.05) is 49.4 Å². The van der Waals surface area contributed by atoms with Gasteiger partial charge in [0.1, 0.15) is 5.75 Å². The van der Waals surface area contributed by atoms with E-state index in [4.69, 9.17) is 14.5 Å². The van der Waals surface area contributed by atoms with Crippen LogP contribution in [0.1, 0.15) is 6.92 Å². The van der Waals surface area contributed by atoms with Crippen LogP contribution >= 0.6 is 11.8 Å². The molecule has 3 rings (SSSR count). The lowest BCUT2D eigenvalue weighted by atomic mass is 10.0. The summed E-state index contributed by atoms with van der Waals surface area (Å²) < 4.78 is 10.4. The lowest BCUT2D eigenvalue weighted by molar-refractivity contribution is -0.119. The Morgan fingerprint density at radius 2 is 1.93 bits per heavy atom. The molecule has 1 amide bonds. The average Bonchev–Trinajstić information content (AvgIpc) is 2.72. The van der Waals surface area contributed by atoms with Crippen LogP contribution in [-0.2, 0) is 9.53 Å². The Kier molecular flexibility index (Phi) is 6.90. The van der Waals surface area contributed by atoms with E-state index in [0.717, 1.165) is 32.8 Å². The molecule has 0 spiro atoms. The zero-order valence-corrected chi connectivity index (χ0v) is 17.1. The molecular formula is C22H24N2O3S. The third-order valence-electron chi connectivity index (χ3n) is 4.25. The SMILES string of the molecule is COCC(C)NC(=O)CSc1cc(-c2ccccc2)c2ccc(OC)cc2n1. The molecule has 0 aliphatic heterocycles. The molecule has 0 aliphatic rings. The molecule has 0 radical (unpaired) electrons. The molecule has 6 heteroatoms. The third-order valence-corrected chi connectivity index (χ3v) is 5.16. The fraction of sp³-hybridized carbons (Fsp3) is 0.273. The van der Waals surface area contributed by atoms with Crippen molar-refractivity contribution in [3.63, 3.8) is 0 Å². The monoisotopic (exact) mass is 396 g/mol. The number of fused-ring (bicyclic) bond motifs is 1. The van der Waals surface area contributed by atoms with Crippen LogP contribution in [0, 0.1) is 0 Å². The molecule has 1 N–H and O–H groups in total. The largest absolute Gasteiger partial charge is 0.497 e. The number of amides is 1. The molecule has 0 bridgehead atoms. The summed E-state index contributed by atoms with van der Waals surface area (Å²) in [6, 6.07) is 18.1. The molecule has 3 aromatic rings. The van der Waals surface area contributed by atoms with E-state index >= 15 is 0 Å². The van der Waals surface area contributed by atoms with E-state index in [9.17, 15) is 4.79 Å². The Labute approximate surface area is 169 Å². The number of thioether (sulfide) groups is 1. The van der Waals surface area contributed by atoms with E-state index < -0.39 is 0 Å². The van der Waals surface area contributed by atoms with Gasteiger partial charge in [-0.1, -0.05) is 42.1 Å². The maximum Gasteiger partial charge on any atom is 0.230 e. The summed E-state index contributed by atoms with van der Waals surface area (Å²) in [7, 11) is 3.26. The maximum atomic E-state index is 12.2. The van der Waals surface area contributed by atoms with Crippen molar-refractivity contribution in [2.75, 3.05) is 26.6 Å². The highest BCUT2D eigenvalue weighted by Crippen LogP contribution is 2.33. The number of pyridine rings is 1. The second kappa shape index (κ2) is 9.57. The van der Waals surface area contributed by atoms with E-state index in [0.29, 0.717) is 12.4 Å². The molecule has 0 saturated carbocycles. The van der Waals surface area contributed by atoms with Gasteiger partial charge < -0.3 is 14.8 Å². The molecule has 1 aromatic heterocycles. The Hall–Kier alpha value is -2.57. The van der Waals surface area contributed by atoms with Gasteiger partial charge >= 0.3 is 0 Å². The average molecular weight is 397 g/mol. The highest BCUT2D eigenvalue weighted by atomic mass is 32.2. The van der Waals surface area contributed by atoms with Gasteiger partial charge in [0, 0.05) is 24.6 Å². The summed E-state index contributed by atoms with van der Waals surface area (Å²) in [5.41, 5.74) is 3.04. The standard InChI is InChI=1S/C22H24N2O3S/c1-15(13-26-2)23-21(25)14-28-22-12-19(16-7-5-4-6-8-16)18-10-9-17(27-3)11-20(18)24-22/h4-12,15H,13-14H2,1-3H3,(H,23,25). The summed E-state index contributed by atoms with van der Waals surface area (Å²) in [5.74, 6) is 1.01. The van der Waals surface area contributed by atoms with Crippen LogP contribution in [0.2, 0.25) is 0 Å². The number of ether oxygens (including phenoxy) is 2. The van der Waals surface area contributed by atoms with Crippen molar-refractivity contribution >= 4 is 28.6 Å². The number of nitrogens with zero attached hydrogens (tertiary/aromatic N) is 1. The minimum Gasteiger partial charge on any atom is -0.497 e. The lowest BCUT2D eigenvalue weighted by Gasteiger charge is -2.13. The van der Waals surface area contributed by atoms with Crippen molar-refractivity contribution < 1.29 is 14.3 Å². The quantitative estimate of drug-likeness (QED) is 0.580. The second-order valence-electron chi connectivity index (χ2n) is 6.47. The van der Waals surface area contributed by atoms with Gasteiger partial charge in [-0.25, -0.2) is 4.98 Å². The number of carbonyl (C=O) groups excluding carboxylic acids is 1. The number of hydrogen-bond donors (Lipinski definition) is 1. The molecule has 28 heavy (non-hydrogen) atoms. The number of aromatic nitrogens is 1. The first kappa shape index (κ1) is 20.2. The van der Waals surface area contributed by atoms with Gasteiger partial charge in [0.25, 0.3) is 0 Å². The summed E-state index contributed by atoms with van der Waals surface area (Å²) in [6.07, 6.45) is 0. The first-order valence-corrected chi connectivity index (χ1v) is 10.0. The molecule has 2 aromatic carbocycles. The van der Waals surface area contributed by atoms with Crippen molar-refractivity contribution in [2.45, 2.75) is 18.0 Å². The molecule has 5 nitrogen and oxygen atoms in total. The first-order chi connectivity index (χ1) is 13.6. The fourth-order valence-electron chi connectivity index (χ4n) is 2.99. The van der Waals surface area contributed by atoms with Gasteiger partial charge in [0.05, 0.1) is 30.0 Å². The van der Waals surface area contributed by atoms with Gasteiger partial charge in [-0.2, -0.15) is 0 Å². The summed E-state index contributed by atoms with van der Waals surface area (Å²) >= 11 is 1.42. The van der Waals surface area contributed by atoms with Gasteiger partial charge in [-0.05, 0) is 36.2 Å². The zero-order chi connectivity index (χ0) is 19.9. The number of hydrogen-bond acceptors (Lipinski definition) is 5. The van der Waals surface area contributed by atoms with Crippen LogP contribution in [0.5, 0.6) is 5.75 Å². The second-order valence-corrected chi connectivity index (χ2v) is 7.47. The van der Waals surface area contributed by atoms with Crippen molar-refractivity contribution in [3.05, 3.63) is 54.6 Å². The van der Waals surface area contributed by atoms with E-state index in [2.05, 4.69) is 17.4 Å². The first-order valence-electron chi connectivity index (χ1n) is 9.06. The van der Waals surface area contributed by atoms with E-state index in [-0.39, 0.29) is 11.9 Å². The van der Waals surface area contributed by atoms with Gasteiger partial charge in [-0.3, -0.25) is 4.79 Å². The normalized spacial score (nSPS) is 12.0. The molecule has 0 fully saturated rings. The summed E-state index contributed by atoms with van der Waals surface area (Å²) in [6.45, 7) is 2.41. The predicted octanol–water partition coefficient (Wildman–Crippen LogP) is 4.15. The Morgan fingerprint density at radius 1 is 1.14 bits per heavy atom. The van der Waals surface area contributed by atoms with Crippen LogP contribution in [0.25, 0.3) is 22.0 Å². The van der Waals surface area contributed by atoms with Crippen molar-refractivity contribution in [1.82, 2.24) is 10.3 Å². The minimum absolute atomic E-state index is 0.0215. The number of rotatable bonds is 8. The lowest BCUT2D eigenvalue weighted by Crippen LogP contribution is -2.36. The number of nitrogens with one attached hydrogen (secondary N) is 1. The predicted molar refractivity (Wildman–Crippen MR) is 114 cm³/mol. The number of benzene rings is 2. The van der Waals surface area contributed by atoms with Gasteiger partial charge in [0.2, 0.25) is 5.91 Å². The smallest absolute Gasteiger partial charge is 0.230 e. The van der Waals surface area contributed by atoms with Crippen LogP contribution in [0.3, 0.4) is 0 Å². The molecule has 1 heterocycles. The summed E-state index contributed by atoms with van der Waals surface area (Å²) in [4.78, 5) is 16.9. The van der Waals surface area contributed by atoms with Crippen LogP contribution < -0.4 is 10.1 Å². The van der Waals surface area contributed by atoms with Crippen molar-refractivity contribution in [3.8, 4) is 16.9 Å². The van der Waals surface area contributed by atoms with Crippen LogP contribution in [0.15, 0.2) is 59.6 Å². The molecule has 1 unspecified atom stereocenters. The zero-order valence-electron chi connectivity index (χ0n) is 16.3. The Bertz CT molecular complexity index is 947. The minimum atomic E-state index is -0.0386. The number of carbonyl (C=O) groups is 1. The van der Waals surface area contributed by atoms with Crippen molar-refractivity contribution in [2.24, 2.45) is 0 Å². The molecule has 0 aliphatic carbocycles. The highest BCUT2D eigenvalue weighted by Gasteiger charge is 2.12. The fourth-order valence-corrected chi connectivity index (χ4v) is 3.72. The molecular weight excluding hydrogens is 372 g/mol. The van der Waals surface area contributed by atoms with Crippen LogP contribution in [-0.4, -0.2) is 43.5 Å². The Morgan fingerprint density at radius 3 is 2.64 bits per heavy atom. The Balaban J connectivity index is 1.89. The highest BCUT2D eigenvalue weighted by molar-refractivity contribution is 7.99. The van der Waals surface area contributed by atoms with Gasteiger partial charge in [-0.15, -0.1) is 0 Å². The third kappa shape index (κ3) is 5.03. The van der Waals surface area contributed by atoms with Crippen LogP contribution in [0.4, 0.5) is 0 Å². The maximum absolute atomic E-state index is 12.2. The summed E-state index contributed by atoms with van der Waals surface area (Å²) in [5, 5.41) is 4.77. The molecule has 1 atom stereocenters.